The SMILES string of the molecule is Cc1ccc(S(=O)(=O)N2CCOCC2)cc1C(=O)NC1CCc2cc(Cl)ccc21. The van der Waals surface area contributed by atoms with Gasteiger partial charge >= 0.3 is 0 Å². The first-order chi connectivity index (χ1) is 13.9. The molecule has 0 spiro atoms. The molecule has 0 aromatic heterocycles. The number of sulfonamides is 1. The van der Waals surface area contributed by atoms with Gasteiger partial charge < -0.3 is 10.1 Å². The average Bonchev–Trinajstić information content (AvgIpc) is 3.10. The first kappa shape index (κ1) is 20.3. The quantitative estimate of drug-likeness (QED) is 0.802. The Balaban J connectivity index is 1.57. The summed E-state index contributed by atoms with van der Waals surface area (Å²) in [6, 6.07) is 10.3. The van der Waals surface area contributed by atoms with Gasteiger partial charge in [0.1, 0.15) is 0 Å². The molecule has 6 nitrogen and oxygen atoms in total. The molecular weight excluding hydrogens is 412 g/mol. The Morgan fingerprint density at radius 3 is 2.69 bits per heavy atom. The van der Waals surface area contributed by atoms with E-state index in [0.717, 1.165) is 29.5 Å². The van der Waals surface area contributed by atoms with Crippen molar-refractivity contribution in [2.75, 3.05) is 26.3 Å². The number of carbonyl (C=O) groups excluding carboxylic acids is 1. The molecule has 2 aromatic carbocycles. The summed E-state index contributed by atoms with van der Waals surface area (Å²) in [4.78, 5) is 13.1. The van der Waals surface area contributed by atoms with Gasteiger partial charge in [-0.15, -0.1) is 0 Å². The Kier molecular flexibility index (Phi) is 5.66. The van der Waals surface area contributed by atoms with Crippen molar-refractivity contribution >= 4 is 27.5 Å². The minimum absolute atomic E-state index is 0.103. The van der Waals surface area contributed by atoms with Gasteiger partial charge in [-0.05, 0) is 60.7 Å². The molecule has 4 rings (SSSR count). The molecule has 0 saturated carbocycles. The van der Waals surface area contributed by atoms with Gasteiger partial charge in [0.25, 0.3) is 5.91 Å². The molecule has 1 N–H and O–H groups in total. The van der Waals surface area contributed by atoms with E-state index in [9.17, 15) is 13.2 Å². The fourth-order valence-corrected chi connectivity index (χ4v) is 5.54. The molecule has 2 aliphatic rings. The Morgan fingerprint density at radius 1 is 1.17 bits per heavy atom. The zero-order chi connectivity index (χ0) is 20.6. The van der Waals surface area contributed by atoms with Gasteiger partial charge in [0.05, 0.1) is 24.2 Å². The van der Waals surface area contributed by atoms with Gasteiger partial charge in [0, 0.05) is 23.7 Å². The summed E-state index contributed by atoms with van der Waals surface area (Å²) in [5.41, 5.74) is 3.32. The van der Waals surface area contributed by atoms with Crippen molar-refractivity contribution in [3.05, 3.63) is 63.7 Å². The number of amides is 1. The summed E-state index contributed by atoms with van der Waals surface area (Å²) < 4.78 is 32.5. The molecule has 1 fully saturated rings. The lowest BCUT2D eigenvalue weighted by Gasteiger charge is -2.26. The van der Waals surface area contributed by atoms with E-state index in [0.29, 0.717) is 36.9 Å². The van der Waals surface area contributed by atoms with Crippen molar-refractivity contribution in [2.45, 2.75) is 30.7 Å². The van der Waals surface area contributed by atoms with E-state index >= 15 is 0 Å². The standard InChI is InChI=1S/C21H23ClN2O4S/c1-14-2-5-17(29(26,27)24-8-10-28-11-9-24)13-19(14)21(25)23-20-7-3-15-12-16(22)4-6-18(15)20/h2,4-6,12-13,20H,3,7-11H2,1H3,(H,23,25). The number of hydrogen-bond donors (Lipinski definition) is 1. The molecule has 1 unspecified atom stereocenters. The van der Waals surface area contributed by atoms with E-state index in [1.807, 2.05) is 25.1 Å². The summed E-state index contributed by atoms with van der Waals surface area (Å²) in [5.74, 6) is -0.269. The van der Waals surface area contributed by atoms with Crippen LogP contribution in [0.5, 0.6) is 0 Å². The van der Waals surface area contributed by atoms with Crippen LogP contribution < -0.4 is 5.32 Å². The van der Waals surface area contributed by atoms with E-state index in [1.165, 1.54) is 10.4 Å². The van der Waals surface area contributed by atoms with E-state index in [2.05, 4.69) is 5.32 Å². The molecule has 8 heteroatoms. The summed E-state index contributed by atoms with van der Waals surface area (Å²) in [6.45, 7) is 3.20. The Hall–Kier alpha value is -1.93. The summed E-state index contributed by atoms with van der Waals surface area (Å²) in [6.07, 6.45) is 1.65. The first-order valence-electron chi connectivity index (χ1n) is 9.64. The molecule has 29 heavy (non-hydrogen) atoms. The normalized spacial score (nSPS) is 19.7. The van der Waals surface area contributed by atoms with Crippen molar-refractivity contribution in [1.82, 2.24) is 9.62 Å². The minimum Gasteiger partial charge on any atom is -0.379 e. The fourth-order valence-electron chi connectivity index (χ4n) is 3.91. The smallest absolute Gasteiger partial charge is 0.252 e. The number of hydrogen-bond acceptors (Lipinski definition) is 4. The molecule has 154 valence electrons. The molecule has 1 aliphatic carbocycles. The predicted molar refractivity (Wildman–Crippen MR) is 111 cm³/mol. The monoisotopic (exact) mass is 434 g/mol. The number of ether oxygens (including phenoxy) is 1. The van der Waals surface area contributed by atoms with Gasteiger partial charge in [-0.25, -0.2) is 8.42 Å². The maximum absolute atomic E-state index is 13.0. The van der Waals surface area contributed by atoms with E-state index < -0.39 is 10.0 Å². The molecule has 1 heterocycles. The third-order valence-corrected chi connectivity index (χ3v) is 7.68. The lowest BCUT2D eigenvalue weighted by Crippen LogP contribution is -2.40. The number of fused-ring (bicyclic) bond motifs is 1. The van der Waals surface area contributed by atoms with E-state index in [4.69, 9.17) is 16.3 Å². The highest BCUT2D eigenvalue weighted by Crippen LogP contribution is 2.33. The van der Waals surface area contributed by atoms with Gasteiger partial charge in [0.15, 0.2) is 0 Å². The van der Waals surface area contributed by atoms with E-state index in [1.54, 1.807) is 12.1 Å². The highest BCUT2D eigenvalue weighted by Gasteiger charge is 2.29. The van der Waals surface area contributed by atoms with Crippen LogP contribution in [0.3, 0.4) is 0 Å². The van der Waals surface area contributed by atoms with E-state index in [-0.39, 0.29) is 16.8 Å². The van der Waals surface area contributed by atoms with Gasteiger partial charge in [-0.3, -0.25) is 4.79 Å². The number of morpholine rings is 1. The number of nitrogens with one attached hydrogen (secondary N) is 1. The number of halogens is 1. The summed E-state index contributed by atoms with van der Waals surface area (Å²) >= 11 is 6.06. The van der Waals surface area contributed by atoms with Crippen molar-refractivity contribution in [3.8, 4) is 0 Å². The average molecular weight is 435 g/mol. The Labute approximate surface area is 175 Å². The zero-order valence-electron chi connectivity index (χ0n) is 16.2. The minimum atomic E-state index is -3.66. The molecule has 0 bridgehead atoms. The van der Waals surface area contributed by atoms with Crippen LogP contribution in [0.15, 0.2) is 41.3 Å². The van der Waals surface area contributed by atoms with Crippen LogP contribution >= 0.6 is 11.6 Å². The second-order valence-corrected chi connectivity index (χ2v) is 9.78. The lowest BCUT2D eigenvalue weighted by molar-refractivity contribution is 0.0730. The number of aryl methyl sites for hydroxylation is 2. The molecule has 1 atom stereocenters. The maximum Gasteiger partial charge on any atom is 0.252 e. The second kappa shape index (κ2) is 8.07. The third-order valence-electron chi connectivity index (χ3n) is 5.55. The zero-order valence-corrected chi connectivity index (χ0v) is 17.7. The van der Waals surface area contributed by atoms with Crippen molar-refractivity contribution in [1.29, 1.82) is 0 Å². The number of rotatable bonds is 4. The van der Waals surface area contributed by atoms with Crippen LogP contribution in [0.2, 0.25) is 5.02 Å². The van der Waals surface area contributed by atoms with Crippen molar-refractivity contribution in [3.63, 3.8) is 0 Å². The number of benzene rings is 2. The lowest BCUT2D eigenvalue weighted by atomic mass is 10.1. The fraction of sp³-hybridized carbons (Fsp3) is 0.381. The number of nitrogens with zero attached hydrogens (tertiary/aromatic N) is 1. The molecule has 1 amide bonds. The van der Waals surface area contributed by atoms with Crippen LogP contribution in [0, 0.1) is 6.92 Å². The largest absolute Gasteiger partial charge is 0.379 e. The first-order valence-corrected chi connectivity index (χ1v) is 11.5. The van der Waals surface area contributed by atoms with Crippen LogP contribution in [-0.4, -0.2) is 44.9 Å². The van der Waals surface area contributed by atoms with Crippen molar-refractivity contribution < 1.29 is 17.9 Å². The topological polar surface area (TPSA) is 75.7 Å². The maximum atomic E-state index is 13.0. The van der Waals surface area contributed by atoms with Crippen LogP contribution in [0.25, 0.3) is 0 Å². The Bertz CT molecular complexity index is 1050. The molecule has 1 saturated heterocycles. The molecule has 1 aliphatic heterocycles. The van der Waals surface area contributed by atoms with Gasteiger partial charge in [-0.2, -0.15) is 4.31 Å². The van der Waals surface area contributed by atoms with Crippen LogP contribution in [-0.2, 0) is 21.2 Å². The van der Waals surface area contributed by atoms with Gasteiger partial charge in [-0.1, -0.05) is 23.7 Å². The molecular formula is C21H23ClN2O4S. The third kappa shape index (κ3) is 4.05. The second-order valence-electron chi connectivity index (χ2n) is 7.40. The summed E-state index contributed by atoms with van der Waals surface area (Å²) in [7, 11) is -3.66. The summed E-state index contributed by atoms with van der Waals surface area (Å²) in [5, 5.41) is 3.75. The highest BCUT2D eigenvalue weighted by molar-refractivity contribution is 7.89. The number of carbonyl (C=O) groups is 1. The molecule has 0 radical (unpaired) electrons. The van der Waals surface area contributed by atoms with Crippen molar-refractivity contribution in [2.24, 2.45) is 0 Å². The Morgan fingerprint density at radius 2 is 1.93 bits per heavy atom. The van der Waals surface area contributed by atoms with Gasteiger partial charge in [0.2, 0.25) is 10.0 Å². The molecule has 2 aromatic rings. The predicted octanol–water partition coefficient (Wildman–Crippen LogP) is 3.09. The van der Waals surface area contributed by atoms with Crippen LogP contribution in [0.1, 0.15) is 39.5 Å². The van der Waals surface area contributed by atoms with Crippen LogP contribution in [0.4, 0.5) is 0 Å². The highest BCUT2D eigenvalue weighted by atomic mass is 35.5.